The maximum atomic E-state index is 13.6. The molecule has 1 heterocycles. The van der Waals surface area contributed by atoms with Crippen molar-refractivity contribution in [3.8, 4) is 11.4 Å². The van der Waals surface area contributed by atoms with Crippen LogP contribution in [0.25, 0.3) is 11.4 Å². The maximum absolute atomic E-state index is 13.6. The van der Waals surface area contributed by atoms with E-state index in [1.54, 1.807) is 18.2 Å². The zero-order valence-electron chi connectivity index (χ0n) is 9.91. The van der Waals surface area contributed by atoms with Gasteiger partial charge in [-0.3, -0.25) is 4.79 Å². The minimum absolute atomic E-state index is 0.215. The first-order valence-electron chi connectivity index (χ1n) is 5.46. The first kappa shape index (κ1) is 13.3. The molecule has 0 aliphatic heterocycles. The Kier molecular flexibility index (Phi) is 4.00. The summed E-state index contributed by atoms with van der Waals surface area (Å²) in [6.45, 7) is 0. The molecule has 0 atom stereocenters. The SMILES string of the molecule is NC(=O)CCSc1nnc(-c2ccccc2F)n1N. The van der Waals surface area contributed by atoms with Crippen LogP contribution in [0.3, 0.4) is 0 Å². The summed E-state index contributed by atoms with van der Waals surface area (Å²) >= 11 is 1.24. The van der Waals surface area contributed by atoms with Crippen LogP contribution in [0.15, 0.2) is 29.4 Å². The van der Waals surface area contributed by atoms with Crippen molar-refractivity contribution in [1.82, 2.24) is 14.9 Å². The fraction of sp³-hybridized carbons (Fsp3) is 0.182. The van der Waals surface area contributed by atoms with Gasteiger partial charge in [-0.25, -0.2) is 9.07 Å². The summed E-state index contributed by atoms with van der Waals surface area (Å²) in [5.41, 5.74) is 5.31. The number of nitrogens with zero attached hydrogens (tertiary/aromatic N) is 3. The number of aromatic nitrogens is 3. The van der Waals surface area contributed by atoms with Gasteiger partial charge >= 0.3 is 0 Å². The number of nitrogens with two attached hydrogens (primary N) is 2. The number of carbonyl (C=O) groups excluding carboxylic acids is 1. The van der Waals surface area contributed by atoms with Gasteiger partial charge in [0.1, 0.15) is 5.82 Å². The van der Waals surface area contributed by atoms with Crippen LogP contribution in [-0.2, 0) is 4.79 Å². The van der Waals surface area contributed by atoms with Crippen molar-refractivity contribution in [1.29, 1.82) is 0 Å². The summed E-state index contributed by atoms with van der Waals surface area (Å²) in [7, 11) is 0. The molecule has 2 aromatic rings. The number of carbonyl (C=O) groups is 1. The van der Waals surface area contributed by atoms with Gasteiger partial charge in [-0.05, 0) is 12.1 Å². The first-order valence-corrected chi connectivity index (χ1v) is 6.44. The molecule has 0 spiro atoms. The highest BCUT2D eigenvalue weighted by molar-refractivity contribution is 7.99. The topological polar surface area (TPSA) is 99.8 Å². The Bertz CT molecular complexity index is 601. The molecular weight excluding hydrogens is 269 g/mol. The van der Waals surface area contributed by atoms with Crippen molar-refractivity contribution < 1.29 is 9.18 Å². The lowest BCUT2D eigenvalue weighted by atomic mass is 10.2. The highest BCUT2D eigenvalue weighted by Crippen LogP contribution is 2.23. The van der Waals surface area contributed by atoms with Gasteiger partial charge in [0.2, 0.25) is 11.1 Å². The highest BCUT2D eigenvalue weighted by Gasteiger charge is 2.15. The zero-order chi connectivity index (χ0) is 13.8. The van der Waals surface area contributed by atoms with Gasteiger partial charge in [0.25, 0.3) is 0 Å². The second-order valence-electron chi connectivity index (χ2n) is 3.72. The summed E-state index contributed by atoms with van der Waals surface area (Å²) in [4.78, 5) is 10.6. The average molecular weight is 281 g/mol. The van der Waals surface area contributed by atoms with Gasteiger partial charge in [-0.2, -0.15) is 0 Å². The van der Waals surface area contributed by atoms with E-state index in [1.807, 2.05) is 0 Å². The molecule has 0 unspecified atom stereocenters. The lowest BCUT2D eigenvalue weighted by Crippen LogP contribution is -2.14. The molecule has 0 saturated carbocycles. The highest BCUT2D eigenvalue weighted by atomic mass is 32.2. The Labute approximate surface area is 113 Å². The number of thioether (sulfide) groups is 1. The molecule has 100 valence electrons. The standard InChI is InChI=1S/C11H12FN5OS/c12-8-4-2-1-3-7(8)10-15-16-11(17(10)14)19-6-5-9(13)18/h1-4H,5-6,14H2,(H2,13,18). The third kappa shape index (κ3) is 3.02. The second-order valence-corrected chi connectivity index (χ2v) is 4.78. The van der Waals surface area contributed by atoms with Crippen molar-refractivity contribution in [2.24, 2.45) is 5.73 Å². The van der Waals surface area contributed by atoms with Crippen LogP contribution in [-0.4, -0.2) is 26.5 Å². The van der Waals surface area contributed by atoms with Gasteiger partial charge < -0.3 is 11.6 Å². The number of rotatable bonds is 5. The number of amides is 1. The predicted molar refractivity (Wildman–Crippen MR) is 70.1 cm³/mol. The van der Waals surface area contributed by atoms with Crippen LogP contribution >= 0.6 is 11.8 Å². The van der Waals surface area contributed by atoms with E-state index in [4.69, 9.17) is 11.6 Å². The Morgan fingerprint density at radius 1 is 1.37 bits per heavy atom. The molecule has 19 heavy (non-hydrogen) atoms. The summed E-state index contributed by atoms with van der Waals surface area (Å²) in [5.74, 6) is 5.67. The van der Waals surface area contributed by atoms with Crippen molar-refractivity contribution in [3.63, 3.8) is 0 Å². The number of nitrogen functional groups attached to an aromatic ring is 1. The third-order valence-electron chi connectivity index (χ3n) is 2.36. The third-order valence-corrected chi connectivity index (χ3v) is 3.30. The Hall–Kier alpha value is -2.09. The maximum Gasteiger partial charge on any atom is 0.218 e. The van der Waals surface area contributed by atoms with E-state index in [1.165, 1.54) is 22.5 Å². The summed E-state index contributed by atoms with van der Waals surface area (Å²) in [6.07, 6.45) is 0.215. The largest absolute Gasteiger partial charge is 0.370 e. The van der Waals surface area contributed by atoms with Crippen molar-refractivity contribution >= 4 is 17.7 Å². The van der Waals surface area contributed by atoms with Crippen LogP contribution < -0.4 is 11.6 Å². The van der Waals surface area contributed by atoms with Gasteiger partial charge in [0.05, 0.1) is 5.56 Å². The molecule has 0 radical (unpaired) electrons. The lowest BCUT2D eigenvalue weighted by molar-refractivity contribution is -0.117. The second kappa shape index (κ2) is 5.70. The van der Waals surface area contributed by atoms with E-state index >= 15 is 0 Å². The predicted octanol–water partition coefficient (Wildman–Crippen LogP) is 0.765. The summed E-state index contributed by atoms with van der Waals surface area (Å²) < 4.78 is 14.8. The van der Waals surface area contributed by atoms with Gasteiger partial charge in [-0.15, -0.1) is 10.2 Å². The fourth-order valence-corrected chi connectivity index (χ4v) is 2.25. The molecule has 4 N–H and O–H groups in total. The van der Waals surface area contributed by atoms with Crippen LogP contribution in [0, 0.1) is 5.82 Å². The van der Waals surface area contributed by atoms with E-state index in [9.17, 15) is 9.18 Å². The molecule has 0 aliphatic carbocycles. The van der Waals surface area contributed by atoms with Crippen LogP contribution in [0.5, 0.6) is 0 Å². The molecule has 6 nitrogen and oxygen atoms in total. The molecule has 2 rings (SSSR count). The van der Waals surface area contributed by atoms with E-state index in [0.29, 0.717) is 10.9 Å². The van der Waals surface area contributed by atoms with Crippen molar-refractivity contribution in [3.05, 3.63) is 30.1 Å². The van der Waals surface area contributed by atoms with Gasteiger partial charge in [0.15, 0.2) is 5.82 Å². The molecule has 1 amide bonds. The Balaban J connectivity index is 2.19. The van der Waals surface area contributed by atoms with Crippen molar-refractivity contribution in [2.75, 3.05) is 11.6 Å². The number of benzene rings is 1. The molecule has 0 fully saturated rings. The summed E-state index contributed by atoms with van der Waals surface area (Å²) in [6, 6.07) is 6.16. The first-order chi connectivity index (χ1) is 9.09. The average Bonchev–Trinajstić information content (AvgIpc) is 2.72. The Morgan fingerprint density at radius 2 is 2.11 bits per heavy atom. The van der Waals surface area contributed by atoms with E-state index in [0.717, 1.165) is 0 Å². The molecule has 1 aromatic carbocycles. The fourth-order valence-electron chi connectivity index (χ4n) is 1.44. The van der Waals surface area contributed by atoms with Crippen LogP contribution in [0.2, 0.25) is 0 Å². The molecular formula is C11H12FN5OS. The molecule has 0 bridgehead atoms. The van der Waals surface area contributed by atoms with Gasteiger partial charge in [0, 0.05) is 12.2 Å². The van der Waals surface area contributed by atoms with Crippen LogP contribution in [0.1, 0.15) is 6.42 Å². The Morgan fingerprint density at radius 3 is 2.79 bits per heavy atom. The smallest absolute Gasteiger partial charge is 0.218 e. The quantitative estimate of drug-likeness (QED) is 0.622. The zero-order valence-corrected chi connectivity index (χ0v) is 10.7. The van der Waals surface area contributed by atoms with E-state index in [2.05, 4.69) is 10.2 Å². The summed E-state index contributed by atoms with van der Waals surface area (Å²) in [5, 5.41) is 8.12. The normalized spacial score (nSPS) is 10.6. The van der Waals surface area contributed by atoms with Crippen LogP contribution in [0.4, 0.5) is 4.39 Å². The van der Waals surface area contributed by atoms with E-state index < -0.39 is 11.7 Å². The lowest BCUT2D eigenvalue weighted by Gasteiger charge is -2.03. The number of hydrogen-bond acceptors (Lipinski definition) is 5. The molecule has 1 aromatic heterocycles. The molecule has 0 aliphatic rings. The minimum Gasteiger partial charge on any atom is -0.370 e. The van der Waals surface area contributed by atoms with Gasteiger partial charge in [-0.1, -0.05) is 23.9 Å². The molecule has 8 heteroatoms. The minimum atomic E-state index is -0.421. The van der Waals surface area contributed by atoms with Crippen molar-refractivity contribution in [2.45, 2.75) is 11.6 Å². The number of primary amides is 1. The van der Waals surface area contributed by atoms with E-state index in [-0.39, 0.29) is 17.8 Å². The molecule has 0 saturated heterocycles. The number of hydrogen-bond donors (Lipinski definition) is 2. The number of halogens is 1. The monoisotopic (exact) mass is 281 g/mol.